The number of nitrogens with zero attached hydrogens (tertiary/aromatic N) is 1. The van der Waals surface area contributed by atoms with Crippen LogP contribution in [0.2, 0.25) is 0 Å². The SMILES string of the molecule is CC(=O)NC[C@@H]1[C@@H](F)[C@H](C)[C@@H](C(F)F)N1Cc1ccccc1. The van der Waals surface area contributed by atoms with Gasteiger partial charge in [0.2, 0.25) is 5.91 Å². The molecule has 1 aliphatic rings. The molecule has 0 spiro atoms. The Kier molecular flexibility index (Phi) is 5.45. The van der Waals surface area contributed by atoms with E-state index in [0.29, 0.717) is 0 Å². The first-order valence-electron chi connectivity index (χ1n) is 7.38. The van der Waals surface area contributed by atoms with E-state index < -0.39 is 30.6 Å². The molecular formula is C16H21F3N2O. The lowest BCUT2D eigenvalue weighted by Crippen LogP contribution is -2.46. The highest BCUT2D eigenvalue weighted by atomic mass is 19.3. The molecule has 22 heavy (non-hydrogen) atoms. The Morgan fingerprint density at radius 1 is 1.32 bits per heavy atom. The summed E-state index contributed by atoms with van der Waals surface area (Å²) in [6, 6.07) is 7.26. The molecule has 3 nitrogen and oxygen atoms in total. The molecule has 2 rings (SSSR count). The third-order valence-corrected chi connectivity index (χ3v) is 4.24. The Morgan fingerprint density at radius 2 is 1.95 bits per heavy atom. The highest BCUT2D eigenvalue weighted by Crippen LogP contribution is 2.36. The molecule has 1 fully saturated rings. The quantitative estimate of drug-likeness (QED) is 0.906. The number of rotatable bonds is 5. The second-order valence-corrected chi connectivity index (χ2v) is 5.79. The van der Waals surface area contributed by atoms with Gasteiger partial charge in [-0.15, -0.1) is 0 Å². The maximum atomic E-state index is 14.5. The van der Waals surface area contributed by atoms with Crippen LogP contribution in [0.4, 0.5) is 13.2 Å². The number of carbonyl (C=O) groups is 1. The van der Waals surface area contributed by atoms with Gasteiger partial charge in [-0.2, -0.15) is 0 Å². The number of likely N-dealkylation sites (tertiary alicyclic amines) is 1. The third kappa shape index (κ3) is 3.61. The fraction of sp³-hybridized carbons (Fsp3) is 0.562. The van der Waals surface area contributed by atoms with Crippen LogP contribution in [0.25, 0.3) is 0 Å². The lowest BCUT2D eigenvalue weighted by atomic mass is 10.00. The first-order chi connectivity index (χ1) is 10.4. The molecule has 0 radical (unpaired) electrons. The van der Waals surface area contributed by atoms with Crippen LogP contribution in [-0.2, 0) is 11.3 Å². The van der Waals surface area contributed by atoms with E-state index in [9.17, 15) is 18.0 Å². The molecule has 1 aromatic rings. The molecule has 122 valence electrons. The van der Waals surface area contributed by atoms with E-state index in [-0.39, 0.29) is 19.0 Å². The molecule has 1 heterocycles. The summed E-state index contributed by atoms with van der Waals surface area (Å²) in [5.41, 5.74) is 0.849. The van der Waals surface area contributed by atoms with Gasteiger partial charge in [-0.1, -0.05) is 37.3 Å². The molecule has 0 saturated carbocycles. The van der Waals surface area contributed by atoms with Gasteiger partial charge in [-0.3, -0.25) is 9.69 Å². The number of carbonyl (C=O) groups excluding carboxylic acids is 1. The zero-order valence-corrected chi connectivity index (χ0v) is 12.7. The Hall–Kier alpha value is -1.56. The van der Waals surface area contributed by atoms with E-state index in [1.54, 1.807) is 0 Å². The van der Waals surface area contributed by atoms with Gasteiger partial charge >= 0.3 is 0 Å². The molecule has 1 N–H and O–H groups in total. The van der Waals surface area contributed by atoms with Gasteiger partial charge < -0.3 is 5.32 Å². The fourth-order valence-corrected chi connectivity index (χ4v) is 3.11. The van der Waals surface area contributed by atoms with E-state index >= 15 is 0 Å². The minimum absolute atomic E-state index is 0.0386. The number of benzene rings is 1. The molecule has 0 aromatic heterocycles. The van der Waals surface area contributed by atoms with E-state index in [0.717, 1.165) is 5.56 Å². The van der Waals surface area contributed by atoms with Crippen molar-refractivity contribution in [1.29, 1.82) is 0 Å². The molecule has 1 saturated heterocycles. The van der Waals surface area contributed by atoms with E-state index in [4.69, 9.17) is 0 Å². The zero-order chi connectivity index (χ0) is 16.3. The summed E-state index contributed by atoms with van der Waals surface area (Å²) in [7, 11) is 0. The first kappa shape index (κ1) is 16.8. The van der Waals surface area contributed by atoms with Crippen molar-refractivity contribution in [3.63, 3.8) is 0 Å². The monoisotopic (exact) mass is 314 g/mol. The number of hydrogen-bond acceptors (Lipinski definition) is 2. The van der Waals surface area contributed by atoms with Crippen molar-refractivity contribution < 1.29 is 18.0 Å². The molecule has 0 unspecified atom stereocenters. The summed E-state index contributed by atoms with van der Waals surface area (Å²) in [5, 5.41) is 2.55. The molecule has 1 aromatic carbocycles. The van der Waals surface area contributed by atoms with Crippen LogP contribution in [0.15, 0.2) is 30.3 Å². The van der Waals surface area contributed by atoms with Crippen LogP contribution in [0, 0.1) is 5.92 Å². The topological polar surface area (TPSA) is 32.3 Å². The van der Waals surface area contributed by atoms with Crippen LogP contribution in [0.1, 0.15) is 19.4 Å². The van der Waals surface area contributed by atoms with Crippen molar-refractivity contribution in [2.45, 2.75) is 45.1 Å². The Bertz CT molecular complexity index is 497. The first-order valence-corrected chi connectivity index (χ1v) is 7.38. The lowest BCUT2D eigenvalue weighted by Gasteiger charge is -2.30. The average Bonchev–Trinajstić information content (AvgIpc) is 2.69. The average molecular weight is 314 g/mol. The van der Waals surface area contributed by atoms with Crippen LogP contribution in [-0.4, -0.2) is 42.0 Å². The van der Waals surface area contributed by atoms with E-state index in [2.05, 4.69) is 5.32 Å². The maximum Gasteiger partial charge on any atom is 0.254 e. The highest BCUT2D eigenvalue weighted by molar-refractivity contribution is 5.72. The molecule has 0 aliphatic carbocycles. The number of amides is 1. The highest BCUT2D eigenvalue weighted by Gasteiger charge is 2.50. The van der Waals surface area contributed by atoms with Gasteiger partial charge in [0.1, 0.15) is 6.17 Å². The summed E-state index contributed by atoms with van der Waals surface area (Å²) in [6.45, 7) is 3.12. The van der Waals surface area contributed by atoms with E-state index in [1.165, 1.54) is 18.7 Å². The van der Waals surface area contributed by atoms with Crippen LogP contribution >= 0.6 is 0 Å². The van der Waals surface area contributed by atoms with Gasteiger partial charge in [0.05, 0.1) is 12.1 Å². The Balaban J connectivity index is 2.22. The van der Waals surface area contributed by atoms with Crippen molar-refractivity contribution in [3.8, 4) is 0 Å². The summed E-state index contributed by atoms with van der Waals surface area (Å²) < 4.78 is 41.3. The lowest BCUT2D eigenvalue weighted by molar-refractivity contribution is -0.119. The van der Waals surface area contributed by atoms with Crippen LogP contribution < -0.4 is 5.32 Å². The summed E-state index contributed by atoms with van der Waals surface area (Å²) in [6.07, 6.45) is -4.02. The van der Waals surface area contributed by atoms with Crippen LogP contribution in [0.5, 0.6) is 0 Å². The number of nitrogens with one attached hydrogen (secondary N) is 1. The standard InChI is InChI=1S/C16H21F3N2O/c1-10-14(17)13(8-20-11(2)22)21(15(10)16(18)19)9-12-6-4-3-5-7-12/h3-7,10,13-16H,8-9H2,1-2H3,(H,20,22)/t10-,13+,14-,15-/m0/s1. The Labute approximate surface area is 128 Å². The molecule has 6 heteroatoms. The normalized spacial score (nSPS) is 29.0. The van der Waals surface area contributed by atoms with Gasteiger partial charge in [-0.05, 0) is 5.56 Å². The third-order valence-electron chi connectivity index (χ3n) is 4.24. The largest absolute Gasteiger partial charge is 0.355 e. The Morgan fingerprint density at radius 3 is 2.50 bits per heavy atom. The second kappa shape index (κ2) is 7.13. The minimum atomic E-state index is -2.63. The minimum Gasteiger partial charge on any atom is -0.355 e. The van der Waals surface area contributed by atoms with Crippen molar-refractivity contribution in [2.24, 2.45) is 5.92 Å². The fourth-order valence-electron chi connectivity index (χ4n) is 3.11. The number of alkyl halides is 3. The molecule has 0 bridgehead atoms. The zero-order valence-electron chi connectivity index (χ0n) is 12.7. The second-order valence-electron chi connectivity index (χ2n) is 5.79. The smallest absolute Gasteiger partial charge is 0.254 e. The summed E-state index contributed by atoms with van der Waals surface area (Å²) >= 11 is 0. The van der Waals surface area contributed by atoms with Crippen LogP contribution in [0.3, 0.4) is 0 Å². The molecule has 4 atom stereocenters. The summed E-state index contributed by atoms with van der Waals surface area (Å²) in [5.74, 6) is -1.07. The van der Waals surface area contributed by atoms with E-state index in [1.807, 2.05) is 30.3 Å². The maximum absolute atomic E-state index is 14.5. The van der Waals surface area contributed by atoms with Crippen molar-refractivity contribution in [2.75, 3.05) is 6.54 Å². The molecule has 1 amide bonds. The summed E-state index contributed by atoms with van der Waals surface area (Å²) in [4.78, 5) is 12.6. The predicted molar refractivity (Wildman–Crippen MR) is 78.3 cm³/mol. The molecule has 1 aliphatic heterocycles. The van der Waals surface area contributed by atoms with Gasteiger partial charge in [0, 0.05) is 25.9 Å². The van der Waals surface area contributed by atoms with Crippen molar-refractivity contribution in [1.82, 2.24) is 10.2 Å². The molecular weight excluding hydrogens is 293 g/mol. The van der Waals surface area contributed by atoms with Gasteiger partial charge in [0.25, 0.3) is 6.43 Å². The predicted octanol–water partition coefficient (Wildman–Crippen LogP) is 2.61. The number of hydrogen-bond donors (Lipinski definition) is 1. The van der Waals surface area contributed by atoms with Crippen molar-refractivity contribution >= 4 is 5.91 Å². The van der Waals surface area contributed by atoms with Gasteiger partial charge in [0.15, 0.2) is 0 Å². The van der Waals surface area contributed by atoms with Crippen molar-refractivity contribution in [3.05, 3.63) is 35.9 Å². The van der Waals surface area contributed by atoms with Gasteiger partial charge in [-0.25, -0.2) is 13.2 Å². The number of halogens is 3.